The molecule has 8 nitrogen and oxygen atoms in total. The Labute approximate surface area is 144 Å². The van der Waals surface area contributed by atoms with Gasteiger partial charge in [0.1, 0.15) is 11.9 Å². The van der Waals surface area contributed by atoms with Gasteiger partial charge in [0.15, 0.2) is 0 Å². The molecular formula is C17H17N5O3. The summed E-state index contributed by atoms with van der Waals surface area (Å²) >= 11 is 0. The number of nitrogens with zero attached hydrogens (tertiary/aromatic N) is 5. The Bertz CT molecular complexity index is 903. The van der Waals surface area contributed by atoms with Crippen molar-refractivity contribution in [3.05, 3.63) is 39.9 Å². The molecule has 2 aromatic rings. The lowest BCUT2D eigenvalue weighted by Crippen LogP contribution is -2.43. The van der Waals surface area contributed by atoms with Gasteiger partial charge in [-0.25, -0.2) is 4.98 Å². The summed E-state index contributed by atoms with van der Waals surface area (Å²) in [4.78, 5) is 30.8. The van der Waals surface area contributed by atoms with E-state index >= 15 is 0 Å². The molecule has 1 aromatic heterocycles. The molecule has 0 aliphatic carbocycles. The van der Waals surface area contributed by atoms with Crippen molar-refractivity contribution in [2.45, 2.75) is 18.9 Å². The molecule has 0 spiro atoms. The summed E-state index contributed by atoms with van der Waals surface area (Å²) in [6.45, 7) is 0.681. The zero-order valence-corrected chi connectivity index (χ0v) is 14.0. The van der Waals surface area contributed by atoms with E-state index in [1.54, 1.807) is 25.1 Å². The maximum atomic E-state index is 12.4. The number of nitriles is 1. The van der Waals surface area contributed by atoms with Gasteiger partial charge in [0.2, 0.25) is 5.91 Å². The van der Waals surface area contributed by atoms with E-state index in [2.05, 4.69) is 11.1 Å². The van der Waals surface area contributed by atoms with Crippen LogP contribution in [0.25, 0.3) is 10.9 Å². The molecular weight excluding hydrogens is 322 g/mol. The molecule has 128 valence electrons. The van der Waals surface area contributed by atoms with E-state index in [0.29, 0.717) is 28.8 Å². The zero-order valence-electron chi connectivity index (χ0n) is 14.0. The normalized spacial score (nSPS) is 16.7. The monoisotopic (exact) mass is 339 g/mol. The first kappa shape index (κ1) is 16.6. The molecule has 0 bridgehead atoms. The fraction of sp³-hybridized carbons (Fsp3) is 0.353. The molecule has 3 rings (SSSR count). The molecule has 25 heavy (non-hydrogen) atoms. The third kappa shape index (κ3) is 2.96. The van der Waals surface area contributed by atoms with E-state index in [-0.39, 0.29) is 17.6 Å². The number of rotatable bonds is 3. The van der Waals surface area contributed by atoms with Crippen LogP contribution in [0.1, 0.15) is 18.4 Å². The summed E-state index contributed by atoms with van der Waals surface area (Å²) in [5.41, 5.74) is 0.731. The van der Waals surface area contributed by atoms with E-state index < -0.39 is 4.92 Å². The van der Waals surface area contributed by atoms with Gasteiger partial charge in [-0.2, -0.15) is 5.26 Å². The number of amides is 1. The molecule has 0 radical (unpaired) electrons. The fourth-order valence-corrected chi connectivity index (χ4v) is 3.15. The van der Waals surface area contributed by atoms with Crippen LogP contribution in [0.5, 0.6) is 0 Å². The SMILES string of the molecule is CN(C)C(=O)C1CCCN1c1cc(C#N)c2cc([N+](=O)[O-])ccc2n1. The predicted octanol–water partition coefficient (Wildman–Crippen LogP) is 2.07. The average Bonchev–Trinajstić information content (AvgIpc) is 3.08. The zero-order chi connectivity index (χ0) is 18.1. The quantitative estimate of drug-likeness (QED) is 0.626. The van der Waals surface area contributed by atoms with Gasteiger partial charge in [-0.05, 0) is 25.0 Å². The minimum Gasteiger partial charge on any atom is -0.347 e. The Balaban J connectivity index is 2.09. The third-order valence-electron chi connectivity index (χ3n) is 4.38. The summed E-state index contributed by atoms with van der Waals surface area (Å²) in [5.74, 6) is 0.553. The van der Waals surface area contributed by atoms with Gasteiger partial charge in [-0.3, -0.25) is 14.9 Å². The van der Waals surface area contributed by atoms with Crippen molar-refractivity contribution in [2.75, 3.05) is 25.5 Å². The molecule has 1 aromatic carbocycles. The highest BCUT2D eigenvalue weighted by atomic mass is 16.6. The molecule has 1 fully saturated rings. The van der Waals surface area contributed by atoms with Crippen LogP contribution in [0.4, 0.5) is 11.5 Å². The number of aromatic nitrogens is 1. The number of anilines is 1. The summed E-state index contributed by atoms with van der Waals surface area (Å²) in [6.07, 6.45) is 1.60. The van der Waals surface area contributed by atoms with Crippen LogP contribution in [0.15, 0.2) is 24.3 Å². The van der Waals surface area contributed by atoms with Crippen molar-refractivity contribution in [3.8, 4) is 6.07 Å². The van der Waals surface area contributed by atoms with E-state index in [0.717, 1.165) is 12.8 Å². The third-order valence-corrected chi connectivity index (χ3v) is 4.38. The molecule has 0 N–H and O–H groups in total. The molecule has 2 heterocycles. The Morgan fingerprint density at radius 3 is 2.84 bits per heavy atom. The first-order valence-corrected chi connectivity index (χ1v) is 7.89. The topological polar surface area (TPSA) is 103 Å². The number of pyridine rings is 1. The Morgan fingerprint density at radius 2 is 2.20 bits per heavy atom. The second-order valence-corrected chi connectivity index (χ2v) is 6.18. The first-order valence-electron chi connectivity index (χ1n) is 7.89. The van der Waals surface area contributed by atoms with Crippen LogP contribution in [-0.2, 0) is 4.79 Å². The number of hydrogen-bond acceptors (Lipinski definition) is 6. The summed E-state index contributed by atoms with van der Waals surface area (Å²) in [6, 6.07) is 7.65. The lowest BCUT2D eigenvalue weighted by Gasteiger charge is -2.27. The van der Waals surface area contributed by atoms with E-state index in [1.165, 1.54) is 18.2 Å². The molecule has 1 unspecified atom stereocenters. The maximum Gasteiger partial charge on any atom is 0.270 e. The van der Waals surface area contributed by atoms with E-state index in [1.807, 2.05) is 4.90 Å². The van der Waals surface area contributed by atoms with Gasteiger partial charge in [0.25, 0.3) is 5.69 Å². The van der Waals surface area contributed by atoms with Crippen molar-refractivity contribution in [2.24, 2.45) is 0 Å². The number of likely N-dealkylation sites (N-methyl/N-ethyl adjacent to an activating group) is 1. The van der Waals surface area contributed by atoms with E-state index in [4.69, 9.17) is 0 Å². The number of benzene rings is 1. The number of non-ortho nitro benzene ring substituents is 1. The minimum absolute atomic E-state index is 0.00149. The van der Waals surface area contributed by atoms with Crippen LogP contribution in [0.2, 0.25) is 0 Å². The second-order valence-electron chi connectivity index (χ2n) is 6.18. The standard InChI is InChI=1S/C17H17N5O3/c1-20(2)17(23)15-4-3-7-21(15)16-8-11(10-18)13-9-12(22(24)25)5-6-14(13)19-16/h5-6,8-9,15H,3-4,7H2,1-2H3. The fourth-order valence-electron chi connectivity index (χ4n) is 3.15. The van der Waals surface area contributed by atoms with Crippen LogP contribution in [0.3, 0.4) is 0 Å². The van der Waals surface area contributed by atoms with Gasteiger partial charge in [0.05, 0.1) is 22.1 Å². The molecule has 1 aliphatic heterocycles. The second kappa shape index (κ2) is 6.36. The lowest BCUT2D eigenvalue weighted by molar-refractivity contribution is -0.384. The lowest BCUT2D eigenvalue weighted by atomic mass is 10.1. The van der Waals surface area contributed by atoms with Gasteiger partial charge in [0, 0.05) is 38.2 Å². The van der Waals surface area contributed by atoms with E-state index in [9.17, 15) is 20.2 Å². The largest absolute Gasteiger partial charge is 0.347 e. The minimum atomic E-state index is -0.499. The highest BCUT2D eigenvalue weighted by Gasteiger charge is 2.33. The van der Waals surface area contributed by atoms with Gasteiger partial charge in [-0.15, -0.1) is 0 Å². The highest BCUT2D eigenvalue weighted by molar-refractivity contribution is 5.90. The number of carbonyl (C=O) groups is 1. The number of carbonyl (C=O) groups excluding carboxylic acids is 1. The predicted molar refractivity (Wildman–Crippen MR) is 92.2 cm³/mol. The Morgan fingerprint density at radius 1 is 1.44 bits per heavy atom. The number of nitro groups is 1. The molecule has 1 aliphatic rings. The van der Waals surface area contributed by atoms with Crippen LogP contribution in [-0.4, -0.2) is 47.4 Å². The van der Waals surface area contributed by atoms with Gasteiger partial charge < -0.3 is 9.80 Å². The smallest absolute Gasteiger partial charge is 0.270 e. The van der Waals surface area contributed by atoms with Gasteiger partial charge >= 0.3 is 0 Å². The molecule has 1 amide bonds. The van der Waals surface area contributed by atoms with Crippen molar-refractivity contribution < 1.29 is 9.72 Å². The van der Waals surface area contributed by atoms with Crippen LogP contribution < -0.4 is 4.90 Å². The number of fused-ring (bicyclic) bond motifs is 1. The van der Waals surface area contributed by atoms with Crippen LogP contribution in [0, 0.1) is 21.4 Å². The molecule has 0 saturated carbocycles. The number of hydrogen-bond donors (Lipinski definition) is 0. The van der Waals surface area contributed by atoms with Gasteiger partial charge in [-0.1, -0.05) is 0 Å². The Hall–Kier alpha value is -3.21. The number of nitro benzene ring substituents is 1. The average molecular weight is 339 g/mol. The molecule has 8 heteroatoms. The van der Waals surface area contributed by atoms with Crippen molar-refractivity contribution in [1.82, 2.24) is 9.88 Å². The van der Waals surface area contributed by atoms with Crippen molar-refractivity contribution >= 4 is 28.3 Å². The maximum absolute atomic E-state index is 12.4. The highest BCUT2D eigenvalue weighted by Crippen LogP contribution is 2.30. The van der Waals surface area contributed by atoms with Crippen molar-refractivity contribution in [1.29, 1.82) is 5.26 Å². The van der Waals surface area contributed by atoms with Crippen LogP contribution >= 0.6 is 0 Å². The molecule has 1 atom stereocenters. The van der Waals surface area contributed by atoms with Crippen molar-refractivity contribution in [3.63, 3.8) is 0 Å². The summed E-state index contributed by atoms with van der Waals surface area (Å²) in [5, 5.41) is 20.8. The first-order chi connectivity index (χ1) is 11.9. The summed E-state index contributed by atoms with van der Waals surface area (Å²) in [7, 11) is 3.43. The molecule has 1 saturated heterocycles. The Kier molecular flexibility index (Phi) is 4.23. The summed E-state index contributed by atoms with van der Waals surface area (Å²) < 4.78 is 0.